The van der Waals surface area contributed by atoms with Gasteiger partial charge in [-0.2, -0.15) is 11.8 Å². The van der Waals surface area contributed by atoms with Gasteiger partial charge in [0.1, 0.15) is 11.9 Å². The van der Waals surface area contributed by atoms with E-state index in [1.54, 1.807) is 12.1 Å². The van der Waals surface area contributed by atoms with Gasteiger partial charge in [-0.25, -0.2) is 0 Å². The molecular weight excluding hydrogens is 238 g/mol. The van der Waals surface area contributed by atoms with Crippen LogP contribution < -0.4 is 5.32 Å². The molecule has 0 unspecified atom stereocenters. The van der Waals surface area contributed by atoms with Crippen molar-refractivity contribution in [1.82, 2.24) is 4.98 Å². The third-order valence-electron chi connectivity index (χ3n) is 2.30. The maximum Gasteiger partial charge on any atom is 0.386 e. The molecule has 0 spiro atoms. The van der Waals surface area contributed by atoms with Gasteiger partial charge in [0.05, 0.1) is 0 Å². The number of anilines is 1. The smallest absolute Gasteiger partial charge is 0.378 e. The van der Waals surface area contributed by atoms with Crippen molar-refractivity contribution in [1.29, 1.82) is 0 Å². The second kappa shape index (κ2) is 7.89. The Morgan fingerprint density at radius 2 is 2.29 bits per heavy atom. The maximum atomic E-state index is 10.7. The van der Waals surface area contributed by atoms with Gasteiger partial charge in [0, 0.05) is 6.54 Å². The Balaban J connectivity index is 2.34. The first-order chi connectivity index (χ1) is 8.25. The van der Waals surface area contributed by atoms with Gasteiger partial charge < -0.3 is 15.4 Å². The molecule has 0 saturated heterocycles. The zero-order chi connectivity index (χ0) is 12.5. The Kier molecular flexibility index (Phi) is 6.39. The van der Waals surface area contributed by atoms with E-state index in [0.717, 1.165) is 19.4 Å². The predicted octanol–water partition coefficient (Wildman–Crippen LogP) is 2.94. The Bertz CT molecular complexity index is 360. The number of nitro groups is 1. The number of unbranched alkanes of at least 4 members (excludes halogenated alkanes) is 2. The van der Waals surface area contributed by atoms with Crippen LogP contribution in [-0.2, 0) is 0 Å². The van der Waals surface area contributed by atoms with Gasteiger partial charge in [-0.05, 0) is 46.9 Å². The lowest BCUT2D eigenvalue weighted by Crippen LogP contribution is -2.05. The van der Waals surface area contributed by atoms with Crippen LogP contribution in [0.3, 0.4) is 0 Å². The zero-order valence-corrected chi connectivity index (χ0v) is 10.7. The summed E-state index contributed by atoms with van der Waals surface area (Å²) in [5, 5.41) is 13.8. The van der Waals surface area contributed by atoms with Crippen molar-refractivity contribution in [3.05, 3.63) is 28.4 Å². The number of rotatable bonds is 8. The molecule has 1 aromatic heterocycles. The van der Waals surface area contributed by atoms with E-state index in [2.05, 4.69) is 16.6 Å². The van der Waals surface area contributed by atoms with Gasteiger partial charge in [-0.1, -0.05) is 6.42 Å². The molecule has 1 N–H and O–H groups in total. The lowest BCUT2D eigenvalue weighted by molar-refractivity contribution is -0.388. The number of thioether (sulfide) groups is 1. The van der Waals surface area contributed by atoms with Gasteiger partial charge in [0.2, 0.25) is 0 Å². The Hall–Kier alpha value is -1.30. The van der Waals surface area contributed by atoms with Crippen LogP contribution in [0.4, 0.5) is 11.5 Å². The van der Waals surface area contributed by atoms with Crippen molar-refractivity contribution in [2.45, 2.75) is 19.3 Å². The number of nitrogens with one attached hydrogen (secondary N) is 1. The Labute approximate surface area is 105 Å². The van der Waals surface area contributed by atoms with Crippen LogP contribution >= 0.6 is 11.8 Å². The summed E-state index contributed by atoms with van der Waals surface area (Å²) in [6.45, 7) is 0.751. The monoisotopic (exact) mass is 255 g/mol. The molecule has 0 aliphatic heterocycles. The zero-order valence-electron chi connectivity index (χ0n) is 9.89. The molecule has 1 rings (SSSR count). The fraction of sp³-hybridized carbons (Fsp3) is 0.545. The molecule has 1 aromatic rings. The first kappa shape index (κ1) is 13.8. The van der Waals surface area contributed by atoms with Gasteiger partial charge in [0.15, 0.2) is 0 Å². The summed E-state index contributed by atoms with van der Waals surface area (Å²) in [5.41, 5.74) is 0.502. The second-order valence-corrected chi connectivity index (χ2v) is 4.60. The van der Waals surface area contributed by atoms with Crippen LogP contribution in [0.5, 0.6) is 0 Å². The highest BCUT2D eigenvalue weighted by atomic mass is 32.2. The lowest BCUT2D eigenvalue weighted by Gasteiger charge is -2.05. The van der Waals surface area contributed by atoms with E-state index >= 15 is 0 Å². The minimum Gasteiger partial charge on any atom is -0.378 e. The summed E-state index contributed by atoms with van der Waals surface area (Å²) in [4.78, 5) is 14.0. The van der Waals surface area contributed by atoms with E-state index in [4.69, 9.17) is 0 Å². The SMILES string of the molecule is CSCCCCCNc1cccnc1[N+](=O)[O-]. The van der Waals surface area contributed by atoms with E-state index in [1.807, 2.05) is 11.8 Å². The fourth-order valence-electron chi connectivity index (χ4n) is 1.45. The van der Waals surface area contributed by atoms with Crippen molar-refractivity contribution in [3.8, 4) is 0 Å². The number of hydrogen-bond donors (Lipinski definition) is 1. The molecular formula is C11H17N3O2S. The van der Waals surface area contributed by atoms with Crippen LogP contribution in [0.2, 0.25) is 0 Å². The first-order valence-corrected chi connectivity index (χ1v) is 6.97. The minimum absolute atomic E-state index is 0.100. The largest absolute Gasteiger partial charge is 0.386 e. The standard InChI is InChI=1S/C11H17N3O2S/c1-17-9-4-2-3-7-12-10-6-5-8-13-11(10)14(15)16/h5-6,8,12H,2-4,7,9H2,1H3. The molecule has 0 saturated carbocycles. The molecule has 6 heteroatoms. The number of aromatic nitrogens is 1. The summed E-state index contributed by atoms with van der Waals surface area (Å²) >= 11 is 1.84. The molecule has 94 valence electrons. The molecule has 0 amide bonds. The molecule has 0 aliphatic carbocycles. The lowest BCUT2D eigenvalue weighted by atomic mass is 10.2. The van der Waals surface area contributed by atoms with Crippen molar-refractivity contribution in [2.24, 2.45) is 0 Å². The van der Waals surface area contributed by atoms with Gasteiger partial charge in [-0.15, -0.1) is 0 Å². The van der Waals surface area contributed by atoms with Crippen molar-refractivity contribution in [3.63, 3.8) is 0 Å². The number of pyridine rings is 1. The highest BCUT2D eigenvalue weighted by Crippen LogP contribution is 2.19. The van der Waals surface area contributed by atoms with Crippen LogP contribution in [0.25, 0.3) is 0 Å². The Morgan fingerprint density at radius 1 is 1.47 bits per heavy atom. The van der Waals surface area contributed by atoms with E-state index < -0.39 is 4.92 Å². The van der Waals surface area contributed by atoms with Crippen LogP contribution in [-0.4, -0.2) is 28.5 Å². The average Bonchev–Trinajstić information content (AvgIpc) is 2.34. The summed E-state index contributed by atoms with van der Waals surface area (Å²) in [6, 6.07) is 3.39. The van der Waals surface area contributed by atoms with Gasteiger partial charge >= 0.3 is 5.82 Å². The summed E-state index contributed by atoms with van der Waals surface area (Å²) in [7, 11) is 0. The van der Waals surface area contributed by atoms with Crippen LogP contribution in [0, 0.1) is 10.1 Å². The number of hydrogen-bond acceptors (Lipinski definition) is 5. The van der Waals surface area contributed by atoms with E-state index in [-0.39, 0.29) is 5.82 Å². The van der Waals surface area contributed by atoms with Gasteiger partial charge in [0.25, 0.3) is 0 Å². The van der Waals surface area contributed by atoms with Crippen molar-refractivity contribution < 1.29 is 4.92 Å². The number of nitrogens with zero attached hydrogens (tertiary/aromatic N) is 2. The van der Waals surface area contributed by atoms with E-state index in [0.29, 0.717) is 5.69 Å². The highest BCUT2D eigenvalue weighted by molar-refractivity contribution is 7.98. The summed E-state index contributed by atoms with van der Waals surface area (Å²) < 4.78 is 0. The molecule has 0 bridgehead atoms. The topological polar surface area (TPSA) is 68.1 Å². The molecule has 17 heavy (non-hydrogen) atoms. The second-order valence-electron chi connectivity index (χ2n) is 3.61. The van der Waals surface area contributed by atoms with Crippen LogP contribution in [0.15, 0.2) is 18.3 Å². The predicted molar refractivity (Wildman–Crippen MR) is 71.6 cm³/mol. The Morgan fingerprint density at radius 3 is 3.00 bits per heavy atom. The molecule has 0 fully saturated rings. The molecule has 1 heterocycles. The average molecular weight is 255 g/mol. The molecule has 0 atom stereocenters. The summed E-state index contributed by atoms with van der Waals surface area (Å²) in [6.07, 6.45) is 6.88. The molecule has 0 aromatic carbocycles. The van der Waals surface area contributed by atoms with E-state index in [1.165, 1.54) is 18.4 Å². The normalized spacial score (nSPS) is 10.2. The van der Waals surface area contributed by atoms with Crippen molar-refractivity contribution in [2.75, 3.05) is 23.9 Å². The highest BCUT2D eigenvalue weighted by Gasteiger charge is 2.12. The first-order valence-electron chi connectivity index (χ1n) is 5.58. The van der Waals surface area contributed by atoms with Gasteiger partial charge in [-0.3, -0.25) is 0 Å². The summed E-state index contributed by atoms with van der Waals surface area (Å²) in [5.74, 6) is 1.07. The molecule has 5 nitrogen and oxygen atoms in total. The fourth-order valence-corrected chi connectivity index (χ4v) is 1.94. The van der Waals surface area contributed by atoms with E-state index in [9.17, 15) is 10.1 Å². The molecule has 0 radical (unpaired) electrons. The van der Waals surface area contributed by atoms with Crippen molar-refractivity contribution >= 4 is 23.3 Å². The molecule has 0 aliphatic rings. The minimum atomic E-state index is -0.462. The third-order valence-corrected chi connectivity index (χ3v) is 3.00. The van der Waals surface area contributed by atoms with Crippen LogP contribution in [0.1, 0.15) is 19.3 Å². The maximum absolute atomic E-state index is 10.7. The quantitative estimate of drug-likeness (QED) is 0.439. The third kappa shape index (κ3) is 5.04.